The number of nitrogens with zero attached hydrogens (tertiary/aromatic N) is 1. The van der Waals surface area contributed by atoms with Gasteiger partial charge in [-0.2, -0.15) is 18.4 Å². The molecule has 3 rings (SSSR count). The van der Waals surface area contributed by atoms with Crippen LogP contribution in [-0.4, -0.2) is 16.1 Å². The number of nitriles is 1. The number of rotatable bonds is 4. The largest absolute Gasteiger partial charge is 0.507 e. The van der Waals surface area contributed by atoms with E-state index in [0.29, 0.717) is 0 Å². The van der Waals surface area contributed by atoms with Gasteiger partial charge in [-0.1, -0.05) is 41.9 Å². The van der Waals surface area contributed by atoms with Crippen molar-refractivity contribution >= 4 is 23.2 Å². The first-order chi connectivity index (χ1) is 14.6. The number of benzene rings is 3. The number of alkyl halides is 3. The van der Waals surface area contributed by atoms with Crippen molar-refractivity contribution in [3.05, 3.63) is 87.9 Å². The third kappa shape index (κ3) is 4.73. The molecule has 0 aliphatic heterocycles. The van der Waals surface area contributed by atoms with Gasteiger partial charge in [0.2, 0.25) is 0 Å². The summed E-state index contributed by atoms with van der Waals surface area (Å²) in [5, 5.41) is 31.6. The summed E-state index contributed by atoms with van der Waals surface area (Å²) in [6, 6.07) is 14.3. The molecule has 158 valence electrons. The molecule has 0 aliphatic carbocycles. The Morgan fingerprint density at radius 2 is 1.68 bits per heavy atom. The van der Waals surface area contributed by atoms with E-state index >= 15 is 0 Å². The van der Waals surface area contributed by atoms with Gasteiger partial charge in [-0.15, -0.1) is 0 Å². The number of carbonyl (C=O) groups is 1. The first kappa shape index (κ1) is 22.0. The second-order valence-corrected chi connectivity index (χ2v) is 6.95. The molecule has 1 atom stereocenters. The quantitative estimate of drug-likeness (QED) is 0.480. The number of carbonyl (C=O) groups excluding carboxylic acids is 1. The molecular weight excluding hydrogens is 433 g/mol. The minimum absolute atomic E-state index is 0.0447. The summed E-state index contributed by atoms with van der Waals surface area (Å²) in [4.78, 5) is 12.4. The topological polar surface area (TPSA) is 93.4 Å². The minimum atomic E-state index is -4.55. The molecule has 0 saturated carbocycles. The van der Waals surface area contributed by atoms with E-state index in [2.05, 4.69) is 5.32 Å². The van der Waals surface area contributed by atoms with E-state index in [1.807, 2.05) is 6.07 Å². The number of aromatic hydroxyl groups is 2. The monoisotopic (exact) mass is 446 g/mol. The predicted octanol–water partition coefficient (Wildman–Crippen LogP) is 5.68. The first-order valence-electron chi connectivity index (χ1n) is 8.80. The molecule has 3 N–H and O–H groups in total. The molecule has 0 heterocycles. The van der Waals surface area contributed by atoms with E-state index in [1.165, 1.54) is 48.5 Å². The standard InChI is InChI=1S/C22H14ClF3N2O3/c23-17-10-14(28-21(31)20-18(29)5-2-6-19(20)30)7-8-15(17)16(11-27)12-3-1-4-13(9-12)22(24,25)26/h1-10,16,29-30H,(H,28,31). The Labute approximate surface area is 179 Å². The number of phenolic OH excluding ortho intramolecular Hbond substituents is 2. The summed E-state index contributed by atoms with van der Waals surface area (Å²) in [7, 11) is 0. The van der Waals surface area contributed by atoms with Crippen molar-refractivity contribution in [1.82, 2.24) is 0 Å². The van der Waals surface area contributed by atoms with Crippen LogP contribution in [0.5, 0.6) is 11.5 Å². The molecule has 0 radical (unpaired) electrons. The van der Waals surface area contributed by atoms with Crippen molar-refractivity contribution in [3.8, 4) is 17.6 Å². The lowest BCUT2D eigenvalue weighted by Crippen LogP contribution is -2.12. The Hall–Kier alpha value is -3.70. The number of hydrogen-bond donors (Lipinski definition) is 3. The molecule has 0 saturated heterocycles. The third-order valence-electron chi connectivity index (χ3n) is 4.49. The van der Waals surface area contributed by atoms with Crippen molar-refractivity contribution in [3.63, 3.8) is 0 Å². The average Bonchev–Trinajstić information content (AvgIpc) is 2.69. The normalized spacial score (nSPS) is 12.1. The van der Waals surface area contributed by atoms with Crippen molar-refractivity contribution in [2.24, 2.45) is 0 Å². The van der Waals surface area contributed by atoms with Gasteiger partial charge in [-0.25, -0.2) is 0 Å². The van der Waals surface area contributed by atoms with E-state index in [1.54, 1.807) is 0 Å². The SMILES string of the molecule is N#CC(c1cccc(C(F)(F)F)c1)c1ccc(NC(=O)c2c(O)cccc2O)cc1Cl. The highest BCUT2D eigenvalue weighted by Crippen LogP contribution is 2.36. The van der Waals surface area contributed by atoms with Gasteiger partial charge < -0.3 is 15.5 Å². The highest BCUT2D eigenvalue weighted by Gasteiger charge is 2.31. The van der Waals surface area contributed by atoms with Crippen LogP contribution in [0, 0.1) is 11.3 Å². The van der Waals surface area contributed by atoms with Crippen LogP contribution in [0.4, 0.5) is 18.9 Å². The first-order valence-corrected chi connectivity index (χ1v) is 9.18. The summed E-state index contributed by atoms with van der Waals surface area (Å²) < 4.78 is 39.0. The number of nitrogens with one attached hydrogen (secondary N) is 1. The molecule has 0 bridgehead atoms. The van der Waals surface area contributed by atoms with Crippen molar-refractivity contribution in [2.45, 2.75) is 12.1 Å². The maximum atomic E-state index is 13.0. The van der Waals surface area contributed by atoms with Gasteiger partial charge in [0.1, 0.15) is 17.1 Å². The van der Waals surface area contributed by atoms with Gasteiger partial charge in [0.15, 0.2) is 0 Å². The minimum Gasteiger partial charge on any atom is -0.507 e. The van der Waals surface area contributed by atoms with Crippen LogP contribution in [0.25, 0.3) is 0 Å². The van der Waals surface area contributed by atoms with Crippen LogP contribution in [0.1, 0.15) is 33.0 Å². The van der Waals surface area contributed by atoms with E-state index in [-0.39, 0.29) is 27.4 Å². The van der Waals surface area contributed by atoms with E-state index < -0.39 is 35.1 Å². The van der Waals surface area contributed by atoms with E-state index in [4.69, 9.17) is 11.6 Å². The second kappa shape index (κ2) is 8.58. The van der Waals surface area contributed by atoms with Crippen molar-refractivity contribution < 1.29 is 28.2 Å². The summed E-state index contributed by atoms with van der Waals surface area (Å²) in [5.74, 6) is -2.71. The van der Waals surface area contributed by atoms with E-state index in [9.17, 15) is 33.4 Å². The van der Waals surface area contributed by atoms with Crippen molar-refractivity contribution in [2.75, 3.05) is 5.32 Å². The van der Waals surface area contributed by atoms with Gasteiger partial charge in [0.05, 0.1) is 17.6 Å². The van der Waals surface area contributed by atoms with Gasteiger partial charge in [0, 0.05) is 10.7 Å². The van der Waals surface area contributed by atoms with Crippen LogP contribution in [0.3, 0.4) is 0 Å². The Bertz CT molecular complexity index is 1170. The molecule has 3 aromatic carbocycles. The van der Waals surface area contributed by atoms with Crippen LogP contribution < -0.4 is 5.32 Å². The van der Waals surface area contributed by atoms with Gasteiger partial charge in [-0.3, -0.25) is 4.79 Å². The Balaban J connectivity index is 1.90. The molecule has 3 aromatic rings. The number of halogens is 4. The zero-order valence-electron chi connectivity index (χ0n) is 15.6. The average molecular weight is 447 g/mol. The Morgan fingerprint density at radius 1 is 1.03 bits per heavy atom. The molecule has 0 aliphatic rings. The highest BCUT2D eigenvalue weighted by atomic mass is 35.5. The van der Waals surface area contributed by atoms with Gasteiger partial charge >= 0.3 is 6.18 Å². The van der Waals surface area contributed by atoms with Crippen LogP contribution in [-0.2, 0) is 6.18 Å². The fraction of sp³-hybridized carbons (Fsp3) is 0.0909. The predicted molar refractivity (Wildman–Crippen MR) is 108 cm³/mol. The van der Waals surface area contributed by atoms with Crippen molar-refractivity contribution in [1.29, 1.82) is 5.26 Å². The molecule has 9 heteroatoms. The Morgan fingerprint density at radius 3 is 2.26 bits per heavy atom. The van der Waals surface area contributed by atoms with E-state index in [0.717, 1.165) is 12.1 Å². The molecule has 1 unspecified atom stereocenters. The van der Waals surface area contributed by atoms with Crippen LogP contribution >= 0.6 is 11.6 Å². The second-order valence-electron chi connectivity index (χ2n) is 6.55. The zero-order chi connectivity index (χ0) is 22.8. The van der Waals surface area contributed by atoms with Gasteiger partial charge in [0.25, 0.3) is 5.91 Å². The highest BCUT2D eigenvalue weighted by molar-refractivity contribution is 6.32. The smallest absolute Gasteiger partial charge is 0.416 e. The summed E-state index contributed by atoms with van der Waals surface area (Å²) in [6.45, 7) is 0. The third-order valence-corrected chi connectivity index (χ3v) is 4.82. The zero-order valence-corrected chi connectivity index (χ0v) is 16.4. The summed E-state index contributed by atoms with van der Waals surface area (Å²) in [5.41, 5.74) is -0.640. The maximum Gasteiger partial charge on any atom is 0.416 e. The molecule has 0 aromatic heterocycles. The maximum absolute atomic E-state index is 13.0. The summed E-state index contributed by atoms with van der Waals surface area (Å²) >= 11 is 6.25. The summed E-state index contributed by atoms with van der Waals surface area (Å²) in [6.07, 6.45) is -4.55. The molecule has 1 amide bonds. The lowest BCUT2D eigenvalue weighted by Gasteiger charge is -2.15. The molecule has 31 heavy (non-hydrogen) atoms. The molecule has 0 fully saturated rings. The van der Waals surface area contributed by atoms with Gasteiger partial charge in [-0.05, 0) is 41.5 Å². The number of hydrogen-bond acceptors (Lipinski definition) is 4. The van der Waals surface area contributed by atoms with Crippen LogP contribution in [0.15, 0.2) is 60.7 Å². The Kier molecular flexibility index (Phi) is 6.09. The fourth-order valence-corrected chi connectivity index (χ4v) is 3.30. The lowest BCUT2D eigenvalue weighted by atomic mass is 9.91. The fourth-order valence-electron chi connectivity index (χ4n) is 3.01. The number of phenols is 2. The molecule has 5 nitrogen and oxygen atoms in total. The molecule has 0 spiro atoms. The van der Waals surface area contributed by atoms with Crippen LogP contribution in [0.2, 0.25) is 5.02 Å². The lowest BCUT2D eigenvalue weighted by molar-refractivity contribution is -0.137. The number of anilines is 1. The number of amides is 1. The molecular formula is C22H14ClF3N2O3.